The van der Waals surface area contributed by atoms with Crippen molar-refractivity contribution >= 4 is 46.3 Å². The van der Waals surface area contributed by atoms with E-state index in [0.717, 1.165) is 5.70 Å². The zero-order valence-corrected chi connectivity index (χ0v) is 17.9. The second kappa shape index (κ2) is 7.15. The quantitative estimate of drug-likeness (QED) is 0.644. The maximum atomic E-state index is 13.4. The van der Waals surface area contributed by atoms with E-state index in [9.17, 15) is 9.59 Å². The van der Waals surface area contributed by atoms with Gasteiger partial charge in [-0.3, -0.25) is 19.5 Å². The minimum atomic E-state index is -0.646. The number of hydrogen-bond acceptors (Lipinski definition) is 4. The highest BCUT2D eigenvalue weighted by molar-refractivity contribution is 6.35. The van der Waals surface area contributed by atoms with Gasteiger partial charge >= 0.3 is 0 Å². The fourth-order valence-corrected chi connectivity index (χ4v) is 4.77. The second-order valence-electron chi connectivity index (χ2n) is 8.31. The normalized spacial score (nSPS) is 20.5. The van der Waals surface area contributed by atoms with Crippen molar-refractivity contribution in [2.75, 3.05) is 10.2 Å². The standard InChI is InChI=1S/C22H21Cl2N3O2/c1-12(28)27-18-6-7-25-11-17(18)26-16-9-22(2,3)10-19(29)20(16)21(27)14-5-4-13(23)8-15(14)24/h4-8,11,21,26H,9-10H2,1-3H3. The number of hydrogen-bond donors (Lipinski definition) is 1. The first-order chi connectivity index (χ1) is 13.7. The van der Waals surface area contributed by atoms with Gasteiger partial charge in [-0.15, -0.1) is 0 Å². The van der Waals surface area contributed by atoms with Crippen LogP contribution in [0.5, 0.6) is 0 Å². The van der Waals surface area contributed by atoms with E-state index in [-0.39, 0.29) is 17.1 Å². The molecule has 1 aliphatic carbocycles. The molecule has 1 aliphatic heterocycles. The molecule has 0 fully saturated rings. The molecule has 1 atom stereocenters. The number of benzene rings is 1. The van der Waals surface area contributed by atoms with Crippen LogP contribution in [0.1, 0.15) is 45.2 Å². The van der Waals surface area contributed by atoms with E-state index in [1.165, 1.54) is 6.92 Å². The number of Topliss-reactive ketones (excluding diaryl/α,β-unsaturated/α-hetero) is 1. The number of nitrogens with one attached hydrogen (secondary N) is 1. The number of fused-ring (bicyclic) bond motifs is 1. The highest BCUT2D eigenvalue weighted by Crippen LogP contribution is 2.49. The summed E-state index contributed by atoms with van der Waals surface area (Å²) in [6.45, 7) is 5.63. The van der Waals surface area contributed by atoms with Crippen molar-refractivity contribution in [3.8, 4) is 0 Å². The molecule has 0 spiro atoms. The molecule has 2 aliphatic rings. The highest BCUT2D eigenvalue weighted by Gasteiger charge is 2.43. The summed E-state index contributed by atoms with van der Waals surface area (Å²) in [6.07, 6.45) is 4.38. The Morgan fingerprint density at radius 3 is 2.69 bits per heavy atom. The van der Waals surface area contributed by atoms with Gasteiger partial charge in [-0.25, -0.2) is 0 Å². The first kappa shape index (κ1) is 19.9. The molecule has 7 heteroatoms. The summed E-state index contributed by atoms with van der Waals surface area (Å²) in [7, 11) is 0. The van der Waals surface area contributed by atoms with Crippen LogP contribution in [0.2, 0.25) is 10.0 Å². The smallest absolute Gasteiger partial charge is 0.224 e. The van der Waals surface area contributed by atoms with E-state index in [2.05, 4.69) is 24.1 Å². The number of allylic oxidation sites excluding steroid dienone is 1. The van der Waals surface area contributed by atoms with Crippen LogP contribution < -0.4 is 10.2 Å². The molecule has 2 heterocycles. The topological polar surface area (TPSA) is 62.3 Å². The Hall–Kier alpha value is -2.37. The lowest BCUT2D eigenvalue weighted by molar-refractivity contribution is -0.118. The van der Waals surface area contributed by atoms with Crippen LogP contribution in [0.3, 0.4) is 0 Å². The van der Waals surface area contributed by atoms with Crippen molar-refractivity contribution in [1.29, 1.82) is 0 Å². The predicted octanol–water partition coefficient (Wildman–Crippen LogP) is 5.55. The van der Waals surface area contributed by atoms with Crippen LogP contribution in [0.4, 0.5) is 11.4 Å². The van der Waals surface area contributed by atoms with E-state index in [1.807, 2.05) is 0 Å². The summed E-state index contributed by atoms with van der Waals surface area (Å²) in [5.74, 6) is -0.187. The molecule has 150 valence electrons. The van der Waals surface area contributed by atoms with Crippen molar-refractivity contribution in [3.63, 3.8) is 0 Å². The Labute approximate surface area is 179 Å². The number of carbonyl (C=O) groups is 2. The summed E-state index contributed by atoms with van der Waals surface area (Å²) >= 11 is 12.7. The molecule has 1 aromatic heterocycles. The van der Waals surface area contributed by atoms with Gasteiger partial charge in [0, 0.05) is 40.9 Å². The molecular weight excluding hydrogens is 409 g/mol. The Morgan fingerprint density at radius 1 is 1.24 bits per heavy atom. The van der Waals surface area contributed by atoms with Crippen molar-refractivity contribution in [3.05, 3.63) is 63.5 Å². The summed E-state index contributed by atoms with van der Waals surface area (Å²) in [5, 5.41) is 4.30. The molecule has 1 unspecified atom stereocenters. The molecule has 0 saturated heterocycles. The van der Waals surface area contributed by atoms with Crippen molar-refractivity contribution in [2.45, 2.75) is 39.7 Å². The molecule has 0 saturated carbocycles. The first-order valence-corrected chi connectivity index (χ1v) is 10.2. The van der Waals surface area contributed by atoms with Crippen LogP contribution in [0.25, 0.3) is 0 Å². The Kier molecular flexibility index (Phi) is 4.91. The van der Waals surface area contributed by atoms with Gasteiger partial charge < -0.3 is 5.32 Å². The molecule has 29 heavy (non-hydrogen) atoms. The lowest BCUT2D eigenvalue weighted by Gasteiger charge is -2.37. The van der Waals surface area contributed by atoms with Gasteiger partial charge in [-0.2, -0.15) is 0 Å². The number of aromatic nitrogens is 1. The van der Waals surface area contributed by atoms with E-state index in [1.54, 1.807) is 41.6 Å². The second-order valence-corrected chi connectivity index (χ2v) is 9.15. The molecular formula is C22H21Cl2N3O2. The number of carbonyl (C=O) groups excluding carboxylic acids is 2. The number of halogens is 2. The van der Waals surface area contributed by atoms with E-state index < -0.39 is 6.04 Å². The average molecular weight is 430 g/mol. The minimum Gasteiger partial charge on any atom is -0.356 e. The van der Waals surface area contributed by atoms with Gasteiger partial charge in [0.05, 0.1) is 23.6 Å². The molecule has 4 rings (SSSR count). The predicted molar refractivity (Wildman–Crippen MR) is 115 cm³/mol. The van der Waals surface area contributed by atoms with Crippen molar-refractivity contribution in [1.82, 2.24) is 4.98 Å². The van der Waals surface area contributed by atoms with E-state index in [4.69, 9.17) is 23.2 Å². The summed E-state index contributed by atoms with van der Waals surface area (Å²) in [6, 6.07) is 6.28. The van der Waals surface area contributed by atoms with E-state index >= 15 is 0 Å². The Morgan fingerprint density at radius 2 is 2.00 bits per heavy atom. The van der Waals surface area contributed by atoms with Crippen molar-refractivity contribution in [2.24, 2.45) is 5.41 Å². The number of amides is 1. The van der Waals surface area contributed by atoms with Gasteiger partial charge in [0.2, 0.25) is 5.91 Å². The van der Waals surface area contributed by atoms with Crippen LogP contribution in [0.15, 0.2) is 47.9 Å². The summed E-state index contributed by atoms with van der Waals surface area (Å²) in [4.78, 5) is 32.0. The molecule has 0 radical (unpaired) electrons. The van der Waals surface area contributed by atoms with Crippen LogP contribution >= 0.6 is 23.2 Å². The third-order valence-electron chi connectivity index (χ3n) is 5.39. The number of rotatable bonds is 1. The Balaban J connectivity index is 2.04. The highest BCUT2D eigenvalue weighted by atomic mass is 35.5. The van der Waals surface area contributed by atoms with E-state index in [0.29, 0.717) is 45.4 Å². The average Bonchev–Trinajstić information content (AvgIpc) is 2.74. The summed E-state index contributed by atoms with van der Waals surface area (Å²) in [5.41, 5.74) is 3.20. The Bertz CT molecular complexity index is 1060. The molecule has 2 aromatic rings. The number of nitrogens with zero attached hydrogens (tertiary/aromatic N) is 2. The van der Waals surface area contributed by atoms with Gasteiger partial charge in [-0.1, -0.05) is 43.1 Å². The maximum absolute atomic E-state index is 13.4. The fourth-order valence-electron chi connectivity index (χ4n) is 4.26. The molecule has 5 nitrogen and oxygen atoms in total. The largest absolute Gasteiger partial charge is 0.356 e. The number of pyridine rings is 1. The van der Waals surface area contributed by atoms with Crippen LogP contribution in [0, 0.1) is 5.41 Å². The number of ketones is 1. The van der Waals surface area contributed by atoms with Crippen LogP contribution in [-0.4, -0.2) is 16.7 Å². The van der Waals surface area contributed by atoms with Crippen LogP contribution in [-0.2, 0) is 9.59 Å². The third-order valence-corrected chi connectivity index (χ3v) is 5.95. The van der Waals surface area contributed by atoms with Gasteiger partial charge in [0.15, 0.2) is 5.78 Å². The third kappa shape index (κ3) is 3.53. The zero-order chi connectivity index (χ0) is 20.9. The fraction of sp³-hybridized carbons (Fsp3) is 0.318. The zero-order valence-electron chi connectivity index (χ0n) is 16.4. The van der Waals surface area contributed by atoms with Gasteiger partial charge in [0.1, 0.15) is 0 Å². The minimum absolute atomic E-state index is 0.00628. The van der Waals surface area contributed by atoms with Gasteiger partial charge in [0.25, 0.3) is 0 Å². The lowest BCUT2D eigenvalue weighted by Crippen LogP contribution is -2.38. The number of anilines is 2. The SMILES string of the molecule is CC(=O)N1c2ccncc2NC2=C(C(=O)CC(C)(C)C2)C1c1ccc(Cl)cc1Cl. The molecule has 1 N–H and O–H groups in total. The molecule has 0 bridgehead atoms. The monoisotopic (exact) mass is 429 g/mol. The molecule has 1 amide bonds. The first-order valence-electron chi connectivity index (χ1n) is 9.40. The molecule has 1 aromatic carbocycles. The van der Waals surface area contributed by atoms with Gasteiger partial charge in [-0.05, 0) is 35.6 Å². The maximum Gasteiger partial charge on any atom is 0.224 e. The summed E-state index contributed by atoms with van der Waals surface area (Å²) < 4.78 is 0. The lowest BCUT2D eigenvalue weighted by atomic mass is 9.73. The van der Waals surface area contributed by atoms with Crippen molar-refractivity contribution < 1.29 is 9.59 Å².